The first kappa shape index (κ1) is 18.5. The van der Waals surface area contributed by atoms with Crippen molar-refractivity contribution in [2.45, 2.75) is 38.8 Å². The molecule has 0 saturated carbocycles. The lowest BCUT2D eigenvalue weighted by Crippen LogP contribution is -2.44. The Morgan fingerprint density at radius 3 is 2.39 bits per heavy atom. The first-order valence-electron chi connectivity index (χ1n) is 6.70. The number of carboxylic acid groups (broad SMARTS) is 1. The highest BCUT2D eigenvalue weighted by Gasteiger charge is 2.27. The summed E-state index contributed by atoms with van der Waals surface area (Å²) >= 11 is 0. The molecule has 1 amide bonds. The van der Waals surface area contributed by atoms with Gasteiger partial charge in [-0.3, -0.25) is 4.79 Å². The van der Waals surface area contributed by atoms with Crippen LogP contribution in [0.15, 0.2) is 18.2 Å². The van der Waals surface area contributed by atoms with Crippen LogP contribution in [0, 0.1) is 11.6 Å². The van der Waals surface area contributed by atoms with Gasteiger partial charge in [-0.2, -0.15) is 0 Å². The van der Waals surface area contributed by atoms with Crippen LogP contribution in [0.3, 0.4) is 0 Å². The van der Waals surface area contributed by atoms with Crippen LogP contribution < -0.4 is 5.32 Å². The van der Waals surface area contributed by atoms with Crippen molar-refractivity contribution in [1.29, 1.82) is 0 Å². The largest absolute Gasteiger partial charge is 0.480 e. The van der Waals surface area contributed by atoms with Gasteiger partial charge in [0, 0.05) is 6.42 Å². The molecule has 1 atom stereocenters. The van der Waals surface area contributed by atoms with Crippen molar-refractivity contribution in [3.8, 4) is 0 Å². The number of ether oxygens (including phenoxy) is 1. The number of carboxylic acids is 1. The number of alkyl carbamates (subject to hydrolysis) is 1. The molecule has 8 heteroatoms. The van der Waals surface area contributed by atoms with E-state index >= 15 is 0 Å². The van der Waals surface area contributed by atoms with Gasteiger partial charge in [-0.1, -0.05) is 0 Å². The SMILES string of the molecule is CC(C)(C)OC(=O)NC(CC(=O)c1cc(F)ccc1F)C(=O)O. The molecule has 1 aromatic carbocycles. The number of benzene rings is 1. The van der Waals surface area contributed by atoms with Crippen molar-refractivity contribution in [3.05, 3.63) is 35.4 Å². The molecule has 0 heterocycles. The second kappa shape index (κ2) is 7.17. The van der Waals surface area contributed by atoms with Crippen molar-refractivity contribution in [3.63, 3.8) is 0 Å². The highest BCUT2D eigenvalue weighted by molar-refractivity contribution is 5.99. The van der Waals surface area contributed by atoms with E-state index in [9.17, 15) is 23.2 Å². The van der Waals surface area contributed by atoms with E-state index in [0.29, 0.717) is 6.07 Å². The minimum Gasteiger partial charge on any atom is -0.480 e. The molecule has 0 bridgehead atoms. The van der Waals surface area contributed by atoms with Crippen molar-refractivity contribution in [2.75, 3.05) is 0 Å². The molecule has 1 unspecified atom stereocenters. The summed E-state index contributed by atoms with van der Waals surface area (Å²) in [7, 11) is 0. The van der Waals surface area contributed by atoms with Crippen LogP contribution in [0.2, 0.25) is 0 Å². The van der Waals surface area contributed by atoms with Crippen LogP contribution in [0.1, 0.15) is 37.6 Å². The van der Waals surface area contributed by atoms with Crippen LogP contribution in [-0.2, 0) is 9.53 Å². The smallest absolute Gasteiger partial charge is 0.408 e. The molecule has 0 saturated heterocycles. The molecule has 0 radical (unpaired) electrons. The van der Waals surface area contributed by atoms with Crippen LogP contribution in [-0.4, -0.2) is 34.6 Å². The fraction of sp³-hybridized carbons (Fsp3) is 0.400. The number of rotatable bonds is 5. The molecular weight excluding hydrogens is 312 g/mol. The molecule has 0 aromatic heterocycles. The molecule has 1 aromatic rings. The topological polar surface area (TPSA) is 92.7 Å². The summed E-state index contributed by atoms with van der Waals surface area (Å²) in [6.07, 6.45) is -1.77. The second-order valence-corrected chi connectivity index (χ2v) is 5.79. The number of hydrogen-bond acceptors (Lipinski definition) is 4. The molecule has 0 aliphatic carbocycles. The highest BCUT2D eigenvalue weighted by Crippen LogP contribution is 2.14. The number of aliphatic carboxylic acids is 1. The Kier molecular flexibility index (Phi) is 5.78. The summed E-state index contributed by atoms with van der Waals surface area (Å²) in [5, 5.41) is 11.1. The van der Waals surface area contributed by atoms with Gasteiger partial charge in [0.2, 0.25) is 0 Å². The molecule has 0 aliphatic heterocycles. The van der Waals surface area contributed by atoms with Crippen molar-refractivity contribution >= 4 is 17.8 Å². The van der Waals surface area contributed by atoms with E-state index in [1.807, 2.05) is 5.32 Å². The zero-order chi connectivity index (χ0) is 17.8. The lowest BCUT2D eigenvalue weighted by Gasteiger charge is -2.21. The number of Topliss-reactive ketones (excluding diaryl/α,β-unsaturated/α-hetero) is 1. The number of amides is 1. The Morgan fingerprint density at radius 1 is 1.26 bits per heavy atom. The lowest BCUT2D eigenvalue weighted by atomic mass is 10.0. The van der Waals surface area contributed by atoms with Gasteiger partial charge in [0.05, 0.1) is 5.56 Å². The zero-order valence-corrected chi connectivity index (χ0v) is 12.9. The number of halogens is 2. The van der Waals surface area contributed by atoms with E-state index in [1.54, 1.807) is 20.8 Å². The molecular formula is C15H17F2NO5. The zero-order valence-electron chi connectivity index (χ0n) is 12.9. The average molecular weight is 329 g/mol. The monoisotopic (exact) mass is 329 g/mol. The molecule has 0 fully saturated rings. The number of carbonyl (C=O) groups is 3. The Labute approximate surface area is 131 Å². The Balaban J connectivity index is 2.84. The van der Waals surface area contributed by atoms with Crippen LogP contribution in [0.4, 0.5) is 13.6 Å². The number of carbonyl (C=O) groups excluding carboxylic acids is 2. The maximum atomic E-state index is 13.5. The first-order chi connectivity index (χ1) is 10.5. The quantitative estimate of drug-likeness (QED) is 0.810. The first-order valence-corrected chi connectivity index (χ1v) is 6.70. The van der Waals surface area contributed by atoms with E-state index in [1.165, 1.54) is 0 Å². The fourth-order valence-electron chi connectivity index (χ4n) is 1.66. The molecule has 2 N–H and O–H groups in total. The Bertz CT molecular complexity index is 625. The minimum absolute atomic E-state index is 0.581. The second-order valence-electron chi connectivity index (χ2n) is 5.79. The van der Waals surface area contributed by atoms with E-state index < -0.39 is 53.1 Å². The number of ketones is 1. The summed E-state index contributed by atoms with van der Waals surface area (Å²) in [5.41, 5.74) is -1.44. The predicted molar refractivity (Wildman–Crippen MR) is 76.1 cm³/mol. The summed E-state index contributed by atoms with van der Waals surface area (Å²) in [6.45, 7) is 4.74. The molecule has 0 spiro atoms. The summed E-state index contributed by atoms with van der Waals surface area (Å²) < 4.78 is 31.5. The van der Waals surface area contributed by atoms with Gasteiger partial charge in [0.25, 0.3) is 0 Å². The fourth-order valence-corrected chi connectivity index (χ4v) is 1.66. The Morgan fingerprint density at radius 2 is 1.87 bits per heavy atom. The third-order valence-electron chi connectivity index (χ3n) is 2.61. The van der Waals surface area contributed by atoms with Crippen LogP contribution in [0.5, 0.6) is 0 Å². The molecule has 0 aliphatic rings. The third kappa shape index (κ3) is 6.01. The predicted octanol–water partition coefficient (Wildman–Crippen LogP) is 2.52. The highest BCUT2D eigenvalue weighted by atomic mass is 19.1. The van der Waals surface area contributed by atoms with E-state index in [2.05, 4.69) is 0 Å². The van der Waals surface area contributed by atoms with Crippen LogP contribution >= 0.6 is 0 Å². The van der Waals surface area contributed by atoms with E-state index in [4.69, 9.17) is 9.84 Å². The van der Waals surface area contributed by atoms with E-state index in [-0.39, 0.29) is 0 Å². The standard InChI is InChI=1S/C15H17F2NO5/c1-15(2,3)23-14(22)18-11(13(20)21)7-12(19)9-6-8(16)4-5-10(9)17/h4-6,11H,7H2,1-3H3,(H,18,22)(H,20,21). The molecule has 6 nitrogen and oxygen atoms in total. The van der Waals surface area contributed by atoms with Crippen molar-refractivity contribution < 1.29 is 33.0 Å². The summed E-state index contributed by atoms with van der Waals surface area (Å²) in [5.74, 6) is -4.26. The van der Waals surface area contributed by atoms with Gasteiger partial charge in [-0.25, -0.2) is 18.4 Å². The lowest BCUT2D eigenvalue weighted by molar-refractivity contribution is -0.139. The van der Waals surface area contributed by atoms with Gasteiger partial charge in [-0.15, -0.1) is 0 Å². The van der Waals surface area contributed by atoms with Crippen molar-refractivity contribution in [1.82, 2.24) is 5.32 Å². The molecule has 23 heavy (non-hydrogen) atoms. The normalized spacial score (nSPS) is 12.4. The van der Waals surface area contributed by atoms with Gasteiger partial charge in [-0.05, 0) is 39.0 Å². The van der Waals surface area contributed by atoms with Gasteiger partial charge >= 0.3 is 12.1 Å². The molecule has 1 rings (SSSR count). The molecule has 126 valence electrons. The maximum Gasteiger partial charge on any atom is 0.408 e. The summed E-state index contributed by atoms with van der Waals surface area (Å²) in [4.78, 5) is 34.6. The van der Waals surface area contributed by atoms with Crippen LogP contribution in [0.25, 0.3) is 0 Å². The van der Waals surface area contributed by atoms with Gasteiger partial charge < -0.3 is 15.2 Å². The average Bonchev–Trinajstić information content (AvgIpc) is 2.38. The maximum absolute atomic E-state index is 13.5. The summed E-state index contributed by atoms with van der Waals surface area (Å²) in [6, 6.07) is 0.642. The van der Waals surface area contributed by atoms with Gasteiger partial charge in [0.15, 0.2) is 5.78 Å². The number of hydrogen-bond donors (Lipinski definition) is 2. The number of nitrogens with one attached hydrogen (secondary N) is 1. The van der Waals surface area contributed by atoms with E-state index in [0.717, 1.165) is 12.1 Å². The third-order valence-corrected chi connectivity index (χ3v) is 2.61. The minimum atomic E-state index is -1.62. The van der Waals surface area contributed by atoms with Gasteiger partial charge in [0.1, 0.15) is 23.3 Å². The van der Waals surface area contributed by atoms with Crippen molar-refractivity contribution in [2.24, 2.45) is 0 Å². The Hall–Kier alpha value is -2.51.